The summed E-state index contributed by atoms with van der Waals surface area (Å²) in [5, 5.41) is 14.0. The summed E-state index contributed by atoms with van der Waals surface area (Å²) in [6.07, 6.45) is 0. The molecule has 4 rings (SSSR count). The number of fused-ring (bicyclic) bond motifs is 1. The van der Waals surface area contributed by atoms with Crippen LogP contribution in [0, 0.1) is 0 Å². The summed E-state index contributed by atoms with van der Waals surface area (Å²) in [6.45, 7) is 4.14. The lowest BCUT2D eigenvalue weighted by Gasteiger charge is -2.20. The van der Waals surface area contributed by atoms with Gasteiger partial charge in [0.2, 0.25) is 5.91 Å². The van der Waals surface area contributed by atoms with Gasteiger partial charge >= 0.3 is 0 Å². The third-order valence-electron chi connectivity index (χ3n) is 5.03. The smallest absolute Gasteiger partial charge is 0.221 e. The Morgan fingerprint density at radius 2 is 1.93 bits per heavy atom. The highest BCUT2D eigenvalue weighted by Gasteiger charge is 2.20. The number of halogens is 1. The normalized spacial score (nSPS) is 13.8. The average Bonchev–Trinajstić information content (AvgIpc) is 2.91. The number of phenolic OH excluding ortho intramolecular Hbond substituents is 1. The van der Waals surface area contributed by atoms with E-state index in [1.807, 2.05) is 48.5 Å². The molecule has 0 aliphatic carbocycles. The number of hydrogen-bond acceptors (Lipinski definition) is 4. The molecule has 5 nitrogen and oxygen atoms in total. The molecule has 1 aliphatic rings. The van der Waals surface area contributed by atoms with E-state index in [0.29, 0.717) is 23.9 Å². The number of aromatic hydroxyl groups is 1. The first-order valence-corrected chi connectivity index (χ1v) is 10.2. The van der Waals surface area contributed by atoms with E-state index in [2.05, 4.69) is 16.3 Å². The Bertz CT molecular complexity index is 1070. The van der Waals surface area contributed by atoms with Crippen molar-refractivity contribution in [3.63, 3.8) is 0 Å². The molecule has 0 saturated heterocycles. The van der Waals surface area contributed by atoms with Crippen molar-refractivity contribution >= 4 is 23.2 Å². The maximum absolute atomic E-state index is 11.2. The number of phenols is 1. The van der Waals surface area contributed by atoms with Crippen molar-refractivity contribution in [2.75, 3.05) is 18.5 Å². The van der Waals surface area contributed by atoms with E-state index in [0.717, 1.165) is 41.0 Å². The Balaban J connectivity index is 1.55. The van der Waals surface area contributed by atoms with Crippen molar-refractivity contribution < 1.29 is 14.6 Å². The summed E-state index contributed by atoms with van der Waals surface area (Å²) < 4.78 is 5.86. The lowest BCUT2D eigenvalue weighted by atomic mass is 10.0. The van der Waals surface area contributed by atoms with Gasteiger partial charge in [-0.15, -0.1) is 0 Å². The minimum Gasteiger partial charge on any atom is -0.504 e. The van der Waals surface area contributed by atoms with Gasteiger partial charge in [0.15, 0.2) is 11.5 Å². The molecule has 30 heavy (non-hydrogen) atoms. The Morgan fingerprint density at radius 3 is 2.67 bits per heavy atom. The molecule has 6 heteroatoms. The number of carbonyl (C=O) groups excluding carboxylic acids is 1. The predicted octanol–water partition coefficient (Wildman–Crippen LogP) is 5.07. The van der Waals surface area contributed by atoms with Gasteiger partial charge in [0, 0.05) is 42.8 Å². The molecule has 1 aliphatic heterocycles. The number of hydrogen-bond donors (Lipinski definition) is 2. The highest BCUT2D eigenvalue weighted by Crippen LogP contribution is 2.38. The van der Waals surface area contributed by atoms with Crippen LogP contribution < -0.4 is 10.1 Å². The molecule has 3 aromatic rings. The van der Waals surface area contributed by atoms with Crippen LogP contribution in [0.1, 0.15) is 18.1 Å². The largest absolute Gasteiger partial charge is 0.504 e. The maximum atomic E-state index is 11.2. The first kappa shape index (κ1) is 20.3. The first-order valence-electron chi connectivity index (χ1n) is 9.81. The van der Waals surface area contributed by atoms with Crippen LogP contribution in [0.25, 0.3) is 11.1 Å². The Labute approximate surface area is 180 Å². The molecule has 2 N–H and O–H groups in total. The number of carbonyl (C=O) groups is 1. The van der Waals surface area contributed by atoms with Crippen LogP contribution in [-0.4, -0.2) is 29.1 Å². The van der Waals surface area contributed by atoms with Crippen molar-refractivity contribution in [2.24, 2.45) is 0 Å². The second kappa shape index (κ2) is 8.78. The second-order valence-electron chi connectivity index (χ2n) is 7.43. The van der Waals surface area contributed by atoms with Crippen LogP contribution in [0.15, 0.2) is 60.7 Å². The van der Waals surface area contributed by atoms with Gasteiger partial charge < -0.3 is 15.2 Å². The first-order chi connectivity index (χ1) is 14.5. The fourth-order valence-corrected chi connectivity index (χ4v) is 3.87. The molecule has 0 atom stereocenters. The summed E-state index contributed by atoms with van der Waals surface area (Å²) in [5.41, 5.74) is 4.72. The topological polar surface area (TPSA) is 61.8 Å². The number of ether oxygens (including phenoxy) is 1. The van der Waals surface area contributed by atoms with E-state index in [-0.39, 0.29) is 11.7 Å². The molecule has 1 heterocycles. The lowest BCUT2D eigenvalue weighted by molar-refractivity contribution is -0.114. The fraction of sp³-hybridized carbons (Fsp3) is 0.208. The lowest BCUT2D eigenvalue weighted by Crippen LogP contribution is -2.25. The van der Waals surface area contributed by atoms with Crippen LogP contribution >= 0.6 is 11.6 Å². The number of anilines is 1. The number of nitrogens with one attached hydrogen (secondary N) is 1. The van der Waals surface area contributed by atoms with Gasteiger partial charge in [-0.05, 0) is 53.1 Å². The van der Waals surface area contributed by atoms with Gasteiger partial charge in [-0.25, -0.2) is 0 Å². The van der Waals surface area contributed by atoms with Crippen LogP contribution in [0.4, 0.5) is 5.69 Å². The van der Waals surface area contributed by atoms with Gasteiger partial charge in [0.05, 0.1) is 0 Å². The molecule has 1 amide bonds. The Hall–Kier alpha value is -3.02. The van der Waals surface area contributed by atoms with Gasteiger partial charge in [0.25, 0.3) is 0 Å². The Kier molecular flexibility index (Phi) is 5.93. The number of nitrogens with zero attached hydrogens (tertiary/aromatic N) is 1. The molecule has 0 unspecified atom stereocenters. The molecule has 0 aromatic heterocycles. The Morgan fingerprint density at radius 1 is 1.13 bits per heavy atom. The molecule has 0 spiro atoms. The van der Waals surface area contributed by atoms with Gasteiger partial charge in [0.1, 0.15) is 6.61 Å². The summed E-state index contributed by atoms with van der Waals surface area (Å²) in [5.74, 6) is 0.604. The molecule has 154 valence electrons. The SMILES string of the molecule is CC(=O)Nc1ccc(CN2CCOc3c(O)cc(-c4cccc(Cl)c4)cc3C2)cc1. The fourth-order valence-electron chi connectivity index (χ4n) is 3.68. The third-order valence-corrected chi connectivity index (χ3v) is 5.27. The molecule has 3 aromatic carbocycles. The summed E-state index contributed by atoms with van der Waals surface area (Å²) in [6, 6.07) is 19.2. The van der Waals surface area contributed by atoms with Crippen LogP contribution in [0.5, 0.6) is 11.5 Å². The van der Waals surface area contributed by atoms with Gasteiger partial charge in [-0.2, -0.15) is 0 Å². The third kappa shape index (κ3) is 4.75. The van der Waals surface area contributed by atoms with Crippen molar-refractivity contribution in [3.8, 4) is 22.6 Å². The highest BCUT2D eigenvalue weighted by atomic mass is 35.5. The zero-order valence-corrected chi connectivity index (χ0v) is 17.4. The highest BCUT2D eigenvalue weighted by molar-refractivity contribution is 6.30. The van der Waals surface area contributed by atoms with E-state index in [1.165, 1.54) is 6.92 Å². The van der Waals surface area contributed by atoms with Crippen molar-refractivity contribution in [1.82, 2.24) is 4.90 Å². The van der Waals surface area contributed by atoms with Gasteiger partial charge in [-0.3, -0.25) is 9.69 Å². The van der Waals surface area contributed by atoms with Crippen LogP contribution in [0.3, 0.4) is 0 Å². The molecule has 0 fully saturated rings. The van der Waals surface area contributed by atoms with Crippen molar-refractivity contribution in [1.29, 1.82) is 0 Å². The van der Waals surface area contributed by atoms with E-state index in [9.17, 15) is 9.90 Å². The molecule has 0 radical (unpaired) electrons. The molecular formula is C24H23ClN2O3. The second-order valence-corrected chi connectivity index (χ2v) is 7.87. The number of rotatable bonds is 4. The summed E-state index contributed by atoms with van der Waals surface area (Å²) >= 11 is 6.14. The maximum Gasteiger partial charge on any atom is 0.221 e. The van der Waals surface area contributed by atoms with Crippen molar-refractivity contribution in [3.05, 3.63) is 76.8 Å². The van der Waals surface area contributed by atoms with E-state index < -0.39 is 0 Å². The van der Waals surface area contributed by atoms with E-state index in [1.54, 1.807) is 6.07 Å². The molecule has 0 saturated carbocycles. The zero-order chi connectivity index (χ0) is 21.1. The zero-order valence-electron chi connectivity index (χ0n) is 16.7. The summed E-state index contributed by atoms with van der Waals surface area (Å²) in [4.78, 5) is 13.5. The standard InChI is InChI=1S/C24H23ClN2O3/c1-16(28)26-22-7-5-17(6-8-22)14-27-9-10-30-24-20(15-27)11-19(13-23(24)29)18-3-2-4-21(25)12-18/h2-8,11-13,29H,9-10,14-15H2,1H3,(H,26,28). The van der Waals surface area contributed by atoms with Gasteiger partial charge in [-0.1, -0.05) is 35.9 Å². The quantitative estimate of drug-likeness (QED) is 0.616. The minimum absolute atomic E-state index is 0.0839. The van der Waals surface area contributed by atoms with E-state index >= 15 is 0 Å². The number of amides is 1. The molecule has 0 bridgehead atoms. The van der Waals surface area contributed by atoms with Crippen LogP contribution in [-0.2, 0) is 17.9 Å². The van der Waals surface area contributed by atoms with Crippen LogP contribution in [0.2, 0.25) is 5.02 Å². The summed E-state index contributed by atoms with van der Waals surface area (Å²) in [7, 11) is 0. The van der Waals surface area contributed by atoms with Crippen molar-refractivity contribution in [2.45, 2.75) is 20.0 Å². The van der Waals surface area contributed by atoms with E-state index in [4.69, 9.17) is 16.3 Å². The molecular weight excluding hydrogens is 400 g/mol. The minimum atomic E-state index is -0.0839. The predicted molar refractivity (Wildman–Crippen MR) is 119 cm³/mol. The average molecular weight is 423 g/mol. The monoisotopic (exact) mass is 422 g/mol. The number of benzene rings is 3.